The van der Waals surface area contributed by atoms with Gasteiger partial charge in [-0.3, -0.25) is 0 Å². The molecule has 0 saturated carbocycles. The molecule has 116 valence electrons. The van der Waals surface area contributed by atoms with Crippen molar-refractivity contribution in [2.75, 3.05) is 38.0 Å². The minimum absolute atomic E-state index is 0.385. The second-order valence-electron chi connectivity index (χ2n) is 5.90. The fourth-order valence-electron chi connectivity index (χ4n) is 3.13. The van der Waals surface area contributed by atoms with Gasteiger partial charge in [0.2, 0.25) is 10.0 Å². The number of likely N-dealkylation sites (tertiary alicyclic amines) is 1. The zero-order valence-electron chi connectivity index (χ0n) is 12.4. The van der Waals surface area contributed by atoms with E-state index in [0.29, 0.717) is 17.4 Å². The topological polar surface area (TPSA) is 61.4 Å². The Morgan fingerprint density at radius 2 is 2.29 bits per heavy atom. The van der Waals surface area contributed by atoms with Crippen molar-refractivity contribution < 1.29 is 8.42 Å². The van der Waals surface area contributed by atoms with E-state index in [1.54, 1.807) is 12.1 Å². The molecule has 3 rings (SSSR count). The summed E-state index contributed by atoms with van der Waals surface area (Å²) in [4.78, 5) is 2.75. The lowest BCUT2D eigenvalue weighted by molar-refractivity contribution is 0.342. The summed E-state index contributed by atoms with van der Waals surface area (Å²) in [5.74, 6) is 0.427. The molecule has 0 aromatic heterocycles. The molecule has 1 aromatic carbocycles. The Morgan fingerprint density at radius 1 is 1.43 bits per heavy atom. The highest BCUT2D eigenvalue weighted by Gasteiger charge is 2.24. The van der Waals surface area contributed by atoms with Crippen molar-refractivity contribution in [3.8, 4) is 0 Å². The summed E-state index contributed by atoms with van der Waals surface area (Å²) >= 11 is 0. The lowest BCUT2D eigenvalue weighted by atomic mass is 10.1. The fourth-order valence-corrected chi connectivity index (χ4v) is 4.29. The molecule has 0 radical (unpaired) electrons. The highest BCUT2D eigenvalue weighted by atomic mass is 32.2. The summed E-state index contributed by atoms with van der Waals surface area (Å²) in [6.07, 6.45) is 1.97. The molecule has 21 heavy (non-hydrogen) atoms. The zero-order valence-corrected chi connectivity index (χ0v) is 13.2. The fraction of sp³-hybridized carbons (Fsp3) is 0.600. The van der Waals surface area contributed by atoms with Crippen LogP contribution in [-0.2, 0) is 16.4 Å². The second kappa shape index (κ2) is 5.94. The van der Waals surface area contributed by atoms with Gasteiger partial charge in [-0.05, 0) is 55.6 Å². The van der Waals surface area contributed by atoms with E-state index >= 15 is 0 Å². The number of rotatable bonds is 5. The number of nitrogens with zero attached hydrogens (tertiary/aromatic N) is 1. The largest absolute Gasteiger partial charge is 0.384 e. The van der Waals surface area contributed by atoms with Crippen LogP contribution in [0, 0.1) is 5.92 Å². The van der Waals surface area contributed by atoms with Crippen LogP contribution in [0.4, 0.5) is 5.69 Å². The van der Waals surface area contributed by atoms with E-state index in [9.17, 15) is 8.42 Å². The van der Waals surface area contributed by atoms with Gasteiger partial charge < -0.3 is 10.2 Å². The van der Waals surface area contributed by atoms with Crippen molar-refractivity contribution in [3.05, 3.63) is 23.8 Å². The number of nitrogens with one attached hydrogen (secondary N) is 2. The normalized spacial score (nSPS) is 22.2. The summed E-state index contributed by atoms with van der Waals surface area (Å²) < 4.78 is 27.6. The molecule has 0 aliphatic carbocycles. The molecule has 2 aliphatic rings. The van der Waals surface area contributed by atoms with Crippen LogP contribution in [0.15, 0.2) is 23.1 Å². The van der Waals surface area contributed by atoms with Crippen molar-refractivity contribution in [1.82, 2.24) is 9.62 Å². The van der Waals surface area contributed by atoms with Crippen molar-refractivity contribution >= 4 is 15.7 Å². The summed E-state index contributed by atoms with van der Waals surface area (Å²) in [7, 11) is -3.39. The van der Waals surface area contributed by atoms with Gasteiger partial charge in [-0.25, -0.2) is 13.1 Å². The molecular weight excluding hydrogens is 286 g/mol. The molecule has 1 aromatic rings. The molecule has 1 atom stereocenters. The van der Waals surface area contributed by atoms with E-state index in [1.165, 1.54) is 0 Å². The van der Waals surface area contributed by atoms with Crippen LogP contribution in [0.25, 0.3) is 0 Å². The smallest absolute Gasteiger partial charge is 0.240 e. The monoisotopic (exact) mass is 309 g/mol. The van der Waals surface area contributed by atoms with E-state index in [2.05, 4.69) is 21.9 Å². The number of hydrogen-bond donors (Lipinski definition) is 2. The highest BCUT2D eigenvalue weighted by molar-refractivity contribution is 7.89. The first-order valence-electron chi connectivity index (χ1n) is 7.67. The van der Waals surface area contributed by atoms with E-state index in [1.807, 2.05) is 6.07 Å². The summed E-state index contributed by atoms with van der Waals surface area (Å²) in [5, 5.41) is 3.25. The maximum Gasteiger partial charge on any atom is 0.240 e. The highest BCUT2D eigenvalue weighted by Crippen LogP contribution is 2.25. The van der Waals surface area contributed by atoms with E-state index < -0.39 is 10.0 Å². The molecule has 1 fully saturated rings. The molecule has 6 heteroatoms. The van der Waals surface area contributed by atoms with Gasteiger partial charge in [-0.1, -0.05) is 6.92 Å². The third-order valence-corrected chi connectivity index (χ3v) is 5.90. The van der Waals surface area contributed by atoms with Crippen LogP contribution in [-0.4, -0.2) is 46.0 Å². The van der Waals surface area contributed by atoms with Gasteiger partial charge in [0.15, 0.2) is 0 Å². The standard InChI is InChI=1S/C15H23N3O2S/c1-2-18-8-6-12(11-18)10-17-21(19,20)14-3-4-15-13(9-14)5-7-16-15/h3-4,9,12,16-17H,2,5-8,10-11H2,1H3/t12-/m0/s1. The number of fused-ring (bicyclic) bond motifs is 1. The first-order chi connectivity index (χ1) is 10.1. The SMILES string of the molecule is CCN1CC[C@@H](CNS(=O)(=O)c2ccc3c(c2)CCN3)C1. The Hall–Kier alpha value is -1.11. The molecule has 2 aliphatic heterocycles. The predicted molar refractivity (Wildman–Crippen MR) is 84.0 cm³/mol. The Morgan fingerprint density at radius 3 is 3.05 bits per heavy atom. The summed E-state index contributed by atoms with van der Waals surface area (Å²) in [5.41, 5.74) is 2.15. The van der Waals surface area contributed by atoms with Crippen molar-refractivity contribution in [1.29, 1.82) is 0 Å². The maximum absolute atomic E-state index is 12.4. The average Bonchev–Trinajstić information content (AvgIpc) is 3.13. The Labute approximate surface area is 126 Å². The van der Waals surface area contributed by atoms with Gasteiger partial charge in [0, 0.05) is 25.3 Å². The van der Waals surface area contributed by atoms with Crippen LogP contribution in [0.5, 0.6) is 0 Å². The lowest BCUT2D eigenvalue weighted by Gasteiger charge is -2.14. The van der Waals surface area contributed by atoms with Crippen molar-refractivity contribution in [3.63, 3.8) is 0 Å². The Balaban J connectivity index is 1.64. The van der Waals surface area contributed by atoms with Gasteiger partial charge in [0.05, 0.1) is 4.90 Å². The number of benzene rings is 1. The Bertz CT molecular complexity index is 615. The minimum atomic E-state index is -3.39. The second-order valence-corrected chi connectivity index (χ2v) is 7.66. The molecule has 0 spiro atoms. The third kappa shape index (κ3) is 3.22. The van der Waals surface area contributed by atoms with Crippen LogP contribution in [0.2, 0.25) is 0 Å². The lowest BCUT2D eigenvalue weighted by Crippen LogP contribution is -2.31. The number of sulfonamides is 1. The third-order valence-electron chi connectivity index (χ3n) is 4.48. The minimum Gasteiger partial charge on any atom is -0.384 e. The molecule has 5 nitrogen and oxygen atoms in total. The van der Waals surface area contributed by atoms with Crippen LogP contribution in [0.3, 0.4) is 0 Å². The summed E-state index contributed by atoms with van der Waals surface area (Å²) in [6.45, 7) is 6.68. The molecule has 0 unspecified atom stereocenters. The van der Waals surface area contributed by atoms with Crippen molar-refractivity contribution in [2.24, 2.45) is 5.92 Å². The van der Waals surface area contributed by atoms with Gasteiger partial charge in [0.25, 0.3) is 0 Å². The molecular formula is C15H23N3O2S. The van der Waals surface area contributed by atoms with Gasteiger partial charge in [-0.15, -0.1) is 0 Å². The molecule has 2 N–H and O–H groups in total. The van der Waals surface area contributed by atoms with E-state index in [-0.39, 0.29) is 0 Å². The molecule has 1 saturated heterocycles. The van der Waals surface area contributed by atoms with Crippen LogP contribution >= 0.6 is 0 Å². The van der Waals surface area contributed by atoms with Gasteiger partial charge in [0.1, 0.15) is 0 Å². The average molecular weight is 309 g/mol. The maximum atomic E-state index is 12.4. The quantitative estimate of drug-likeness (QED) is 0.860. The Kier molecular flexibility index (Phi) is 4.19. The summed E-state index contributed by atoms with van der Waals surface area (Å²) in [6, 6.07) is 5.35. The number of hydrogen-bond acceptors (Lipinski definition) is 4. The van der Waals surface area contributed by atoms with Crippen LogP contribution in [0.1, 0.15) is 18.9 Å². The van der Waals surface area contributed by atoms with E-state index in [0.717, 1.165) is 50.3 Å². The number of anilines is 1. The first kappa shape index (κ1) is 14.8. The first-order valence-corrected chi connectivity index (χ1v) is 9.15. The predicted octanol–water partition coefficient (Wildman–Crippen LogP) is 1.27. The molecule has 2 heterocycles. The molecule has 0 bridgehead atoms. The zero-order chi connectivity index (χ0) is 14.9. The van der Waals surface area contributed by atoms with Gasteiger partial charge >= 0.3 is 0 Å². The van der Waals surface area contributed by atoms with Crippen molar-refractivity contribution in [2.45, 2.75) is 24.7 Å². The van der Waals surface area contributed by atoms with Crippen LogP contribution < -0.4 is 10.0 Å². The van der Waals surface area contributed by atoms with E-state index in [4.69, 9.17) is 0 Å². The molecule has 0 amide bonds. The van der Waals surface area contributed by atoms with Gasteiger partial charge in [-0.2, -0.15) is 0 Å².